The fraction of sp³-hybridized carbons (Fsp3) is 0.538. The van der Waals surface area contributed by atoms with Gasteiger partial charge in [-0.15, -0.1) is 5.10 Å². The molecule has 0 aliphatic rings. The minimum absolute atomic E-state index is 0.369. The summed E-state index contributed by atoms with van der Waals surface area (Å²) in [5.74, 6) is 0. The second-order valence-corrected chi connectivity index (χ2v) is 4.77. The third-order valence-electron chi connectivity index (χ3n) is 2.91. The molecule has 0 aliphatic carbocycles. The lowest BCUT2D eigenvalue weighted by Gasteiger charge is -2.14. The molecule has 0 fully saturated rings. The number of fused-ring (bicyclic) bond motifs is 1. The Kier molecular flexibility index (Phi) is 3.74. The summed E-state index contributed by atoms with van der Waals surface area (Å²) in [6, 6.07) is 9.00. The minimum atomic E-state index is 0.369. The predicted molar refractivity (Wildman–Crippen MR) is 70.0 cm³/mol. The molecular formula is C13H20N4. The van der Waals surface area contributed by atoms with E-state index in [9.17, 15) is 0 Å². The summed E-state index contributed by atoms with van der Waals surface area (Å²) in [5, 5.41) is 11.8. The van der Waals surface area contributed by atoms with Crippen molar-refractivity contribution in [2.24, 2.45) is 0 Å². The van der Waals surface area contributed by atoms with Crippen LogP contribution in [0.5, 0.6) is 0 Å². The molecule has 0 saturated carbocycles. The van der Waals surface area contributed by atoms with Gasteiger partial charge in [0, 0.05) is 6.04 Å². The van der Waals surface area contributed by atoms with Crippen LogP contribution in [0.1, 0.15) is 33.2 Å². The van der Waals surface area contributed by atoms with Gasteiger partial charge >= 0.3 is 0 Å². The highest BCUT2D eigenvalue weighted by molar-refractivity contribution is 5.73. The van der Waals surface area contributed by atoms with Crippen LogP contribution < -0.4 is 5.32 Å². The van der Waals surface area contributed by atoms with Gasteiger partial charge in [0.15, 0.2) is 0 Å². The Morgan fingerprint density at radius 2 is 2.00 bits per heavy atom. The SMILES string of the molecule is CC(C)NCCC(C)n1nnc2ccccc21. The molecule has 0 bridgehead atoms. The highest BCUT2D eigenvalue weighted by Crippen LogP contribution is 2.16. The zero-order valence-electron chi connectivity index (χ0n) is 10.7. The second-order valence-electron chi connectivity index (χ2n) is 4.77. The van der Waals surface area contributed by atoms with Crippen LogP contribution >= 0.6 is 0 Å². The average molecular weight is 232 g/mol. The number of para-hydroxylation sites is 1. The standard InChI is InChI=1S/C13H20N4/c1-10(2)14-9-8-11(3)17-13-7-5-4-6-12(13)15-16-17/h4-7,10-11,14H,8-9H2,1-3H3. The molecule has 0 amide bonds. The van der Waals surface area contributed by atoms with Crippen molar-refractivity contribution >= 4 is 11.0 Å². The molecule has 2 rings (SSSR count). The fourth-order valence-electron chi connectivity index (χ4n) is 1.92. The van der Waals surface area contributed by atoms with Crippen molar-refractivity contribution in [3.63, 3.8) is 0 Å². The van der Waals surface area contributed by atoms with Gasteiger partial charge in [-0.05, 0) is 32.0 Å². The molecule has 92 valence electrons. The summed E-state index contributed by atoms with van der Waals surface area (Å²) in [6.07, 6.45) is 1.06. The maximum Gasteiger partial charge on any atom is 0.113 e. The highest BCUT2D eigenvalue weighted by atomic mass is 15.4. The van der Waals surface area contributed by atoms with E-state index in [0.717, 1.165) is 24.0 Å². The average Bonchev–Trinajstić information content (AvgIpc) is 2.72. The van der Waals surface area contributed by atoms with E-state index in [-0.39, 0.29) is 0 Å². The van der Waals surface area contributed by atoms with Crippen LogP contribution in [0.4, 0.5) is 0 Å². The van der Waals surface area contributed by atoms with E-state index in [1.807, 2.05) is 22.9 Å². The van der Waals surface area contributed by atoms with Crippen molar-refractivity contribution in [1.29, 1.82) is 0 Å². The molecule has 0 radical (unpaired) electrons. The topological polar surface area (TPSA) is 42.7 Å². The summed E-state index contributed by atoms with van der Waals surface area (Å²) in [6.45, 7) is 7.52. The first kappa shape index (κ1) is 12.0. The molecule has 1 unspecified atom stereocenters. The number of benzene rings is 1. The molecule has 1 atom stereocenters. The Morgan fingerprint density at radius 3 is 2.76 bits per heavy atom. The zero-order chi connectivity index (χ0) is 12.3. The van der Waals surface area contributed by atoms with Gasteiger partial charge in [0.2, 0.25) is 0 Å². The van der Waals surface area contributed by atoms with Gasteiger partial charge in [-0.1, -0.05) is 31.2 Å². The Labute approximate surface area is 102 Å². The van der Waals surface area contributed by atoms with Crippen molar-refractivity contribution in [2.75, 3.05) is 6.54 Å². The molecule has 1 aromatic heterocycles. The Bertz CT molecular complexity index is 475. The first-order chi connectivity index (χ1) is 8.18. The Balaban J connectivity index is 2.06. The molecule has 1 N–H and O–H groups in total. The fourth-order valence-corrected chi connectivity index (χ4v) is 1.92. The number of nitrogens with one attached hydrogen (secondary N) is 1. The Hall–Kier alpha value is -1.42. The maximum absolute atomic E-state index is 4.23. The first-order valence-corrected chi connectivity index (χ1v) is 6.22. The van der Waals surface area contributed by atoms with Crippen LogP contribution in [-0.2, 0) is 0 Å². The monoisotopic (exact) mass is 232 g/mol. The Morgan fingerprint density at radius 1 is 1.24 bits per heavy atom. The second kappa shape index (κ2) is 5.27. The van der Waals surface area contributed by atoms with E-state index in [0.29, 0.717) is 12.1 Å². The van der Waals surface area contributed by atoms with Gasteiger partial charge < -0.3 is 5.32 Å². The lowest BCUT2D eigenvalue weighted by Crippen LogP contribution is -2.25. The van der Waals surface area contributed by atoms with Crippen molar-refractivity contribution in [3.8, 4) is 0 Å². The first-order valence-electron chi connectivity index (χ1n) is 6.22. The van der Waals surface area contributed by atoms with Crippen molar-refractivity contribution < 1.29 is 0 Å². The van der Waals surface area contributed by atoms with E-state index in [4.69, 9.17) is 0 Å². The summed E-state index contributed by atoms with van der Waals surface area (Å²) < 4.78 is 2.01. The van der Waals surface area contributed by atoms with Gasteiger partial charge in [-0.25, -0.2) is 4.68 Å². The normalized spacial score (nSPS) is 13.4. The highest BCUT2D eigenvalue weighted by Gasteiger charge is 2.10. The number of nitrogens with zero attached hydrogens (tertiary/aromatic N) is 3. The summed E-state index contributed by atoms with van der Waals surface area (Å²) in [5.41, 5.74) is 2.08. The summed E-state index contributed by atoms with van der Waals surface area (Å²) >= 11 is 0. The van der Waals surface area contributed by atoms with Crippen molar-refractivity contribution in [2.45, 2.75) is 39.3 Å². The van der Waals surface area contributed by atoms with Gasteiger partial charge in [-0.3, -0.25) is 0 Å². The van der Waals surface area contributed by atoms with Gasteiger partial charge in [0.05, 0.1) is 11.6 Å². The van der Waals surface area contributed by atoms with E-state index < -0.39 is 0 Å². The summed E-state index contributed by atoms with van der Waals surface area (Å²) in [4.78, 5) is 0. The number of aromatic nitrogens is 3. The van der Waals surface area contributed by atoms with Crippen LogP contribution in [0, 0.1) is 0 Å². The number of rotatable bonds is 5. The minimum Gasteiger partial charge on any atom is -0.314 e. The quantitative estimate of drug-likeness (QED) is 0.860. The van der Waals surface area contributed by atoms with Crippen LogP contribution in [0.2, 0.25) is 0 Å². The van der Waals surface area contributed by atoms with E-state index in [1.54, 1.807) is 0 Å². The third kappa shape index (κ3) is 2.82. The van der Waals surface area contributed by atoms with Gasteiger partial charge in [0.25, 0.3) is 0 Å². The van der Waals surface area contributed by atoms with Crippen LogP contribution in [0.25, 0.3) is 11.0 Å². The molecule has 1 aromatic carbocycles. The third-order valence-corrected chi connectivity index (χ3v) is 2.91. The molecule has 0 saturated heterocycles. The maximum atomic E-state index is 4.23. The lowest BCUT2D eigenvalue weighted by molar-refractivity contribution is 0.434. The van der Waals surface area contributed by atoms with E-state index in [1.165, 1.54) is 0 Å². The van der Waals surface area contributed by atoms with Gasteiger partial charge in [-0.2, -0.15) is 0 Å². The molecular weight excluding hydrogens is 212 g/mol. The van der Waals surface area contributed by atoms with Crippen molar-refractivity contribution in [3.05, 3.63) is 24.3 Å². The largest absolute Gasteiger partial charge is 0.314 e. The number of hydrogen-bond acceptors (Lipinski definition) is 3. The molecule has 2 aromatic rings. The lowest BCUT2D eigenvalue weighted by atomic mass is 10.2. The molecule has 1 heterocycles. The van der Waals surface area contributed by atoms with E-state index in [2.05, 4.69) is 42.5 Å². The summed E-state index contributed by atoms with van der Waals surface area (Å²) in [7, 11) is 0. The molecule has 17 heavy (non-hydrogen) atoms. The van der Waals surface area contributed by atoms with Crippen molar-refractivity contribution in [1.82, 2.24) is 20.3 Å². The molecule has 4 heteroatoms. The predicted octanol–water partition coefficient (Wildman–Crippen LogP) is 2.38. The molecule has 0 aliphatic heterocycles. The zero-order valence-corrected chi connectivity index (χ0v) is 10.7. The van der Waals surface area contributed by atoms with Crippen LogP contribution in [0.3, 0.4) is 0 Å². The van der Waals surface area contributed by atoms with Gasteiger partial charge in [0.1, 0.15) is 5.52 Å². The van der Waals surface area contributed by atoms with E-state index >= 15 is 0 Å². The smallest absolute Gasteiger partial charge is 0.113 e. The number of hydrogen-bond donors (Lipinski definition) is 1. The van der Waals surface area contributed by atoms with Crippen LogP contribution in [-0.4, -0.2) is 27.6 Å². The molecule has 0 spiro atoms. The van der Waals surface area contributed by atoms with Crippen LogP contribution in [0.15, 0.2) is 24.3 Å². The molecule has 4 nitrogen and oxygen atoms in total.